The highest BCUT2D eigenvalue weighted by molar-refractivity contribution is 5.96. The maximum absolute atomic E-state index is 13.3. The van der Waals surface area contributed by atoms with Crippen LogP contribution < -0.4 is 5.56 Å². The number of pyridine rings is 1. The SMILES string of the molecule is CN(C)C(=O)c1c2c(cn(CCc3ccccc3)c1=O)CN(C(=O)c1ncn(C)n1)CC2. The number of nitrogens with zero attached hydrogens (tertiary/aromatic N) is 6. The van der Waals surface area contributed by atoms with E-state index in [4.69, 9.17) is 0 Å². The zero-order valence-electron chi connectivity index (χ0n) is 18.5. The van der Waals surface area contributed by atoms with Gasteiger partial charge < -0.3 is 14.4 Å². The maximum atomic E-state index is 13.3. The van der Waals surface area contributed by atoms with Crippen molar-refractivity contribution < 1.29 is 9.59 Å². The van der Waals surface area contributed by atoms with E-state index in [9.17, 15) is 14.4 Å². The van der Waals surface area contributed by atoms with Gasteiger partial charge in [-0.3, -0.25) is 19.1 Å². The number of aromatic nitrogens is 4. The molecule has 9 heteroatoms. The van der Waals surface area contributed by atoms with Crippen LogP contribution in [0.4, 0.5) is 0 Å². The molecule has 1 aliphatic rings. The van der Waals surface area contributed by atoms with Crippen LogP contribution in [-0.2, 0) is 33.0 Å². The Kier molecular flexibility index (Phi) is 5.89. The van der Waals surface area contributed by atoms with Gasteiger partial charge in [-0.1, -0.05) is 30.3 Å². The summed E-state index contributed by atoms with van der Waals surface area (Å²) in [4.78, 5) is 46.2. The molecule has 0 aliphatic carbocycles. The summed E-state index contributed by atoms with van der Waals surface area (Å²) in [7, 11) is 4.99. The van der Waals surface area contributed by atoms with Crippen LogP contribution in [0, 0.1) is 0 Å². The van der Waals surface area contributed by atoms with Gasteiger partial charge in [0.05, 0.1) is 0 Å². The number of carbonyl (C=O) groups is 2. The van der Waals surface area contributed by atoms with Gasteiger partial charge in [-0.25, -0.2) is 4.98 Å². The van der Waals surface area contributed by atoms with Gasteiger partial charge >= 0.3 is 0 Å². The van der Waals surface area contributed by atoms with Crippen molar-refractivity contribution in [2.75, 3.05) is 20.6 Å². The molecule has 166 valence electrons. The first-order valence-corrected chi connectivity index (χ1v) is 10.5. The lowest BCUT2D eigenvalue weighted by Crippen LogP contribution is -2.41. The van der Waals surface area contributed by atoms with E-state index >= 15 is 0 Å². The zero-order chi connectivity index (χ0) is 22.8. The van der Waals surface area contributed by atoms with Crippen molar-refractivity contribution in [2.24, 2.45) is 7.05 Å². The Morgan fingerprint density at radius 3 is 2.56 bits per heavy atom. The van der Waals surface area contributed by atoms with E-state index < -0.39 is 0 Å². The van der Waals surface area contributed by atoms with Crippen LogP contribution in [-0.4, -0.2) is 61.6 Å². The predicted molar refractivity (Wildman–Crippen MR) is 118 cm³/mol. The predicted octanol–water partition coefficient (Wildman–Crippen LogP) is 1.12. The number of aryl methyl sites for hydroxylation is 3. The fraction of sp³-hybridized carbons (Fsp3) is 0.348. The molecule has 0 atom stereocenters. The third-order valence-corrected chi connectivity index (χ3v) is 5.65. The Bertz CT molecular complexity index is 1210. The number of amides is 2. The van der Waals surface area contributed by atoms with Crippen molar-refractivity contribution >= 4 is 11.8 Å². The standard InChI is InChI=1S/C23H26N6O3/c1-26(2)21(30)19-18-10-12-29(23(32)20-24-15-27(3)25-20)14-17(18)13-28(22(19)31)11-9-16-7-5-4-6-8-16/h4-8,13,15H,9-12,14H2,1-3H3. The molecule has 3 heterocycles. The van der Waals surface area contributed by atoms with Gasteiger partial charge in [0.1, 0.15) is 11.9 Å². The summed E-state index contributed by atoms with van der Waals surface area (Å²) in [6.07, 6.45) is 4.37. The fourth-order valence-electron chi connectivity index (χ4n) is 3.97. The Balaban J connectivity index is 1.69. The second kappa shape index (κ2) is 8.78. The Morgan fingerprint density at radius 2 is 1.91 bits per heavy atom. The number of benzene rings is 1. The van der Waals surface area contributed by atoms with Gasteiger partial charge in [-0.2, -0.15) is 0 Å². The van der Waals surface area contributed by atoms with Crippen molar-refractivity contribution in [2.45, 2.75) is 25.9 Å². The molecule has 1 aliphatic heterocycles. The molecular weight excluding hydrogens is 408 g/mol. The van der Waals surface area contributed by atoms with Gasteiger partial charge in [0.15, 0.2) is 0 Å². The molecule has 0 spiro atoms. The number of hydrogen-bond donors (Lipinski definition) is 0. The summed E-state index contributed by atoms with van der Waals surface area (Å²) in [5, 5.41) is 4.10. The van der Waals surface area contributed by atoms with Crippen molar-refractivity contribution in [3.05, 3.63) is 81.3 Å². The third-order valence-electron chi connectivity index (χ3n) is 5.65. The minimum absolute atomic E-state index is 0.137. The van der Waals surface area contributed by atoms with Crippen LogP contribution in [0.15, 0.2) is 47.7 Å². The highest BCUT2D eigenvalue weighted by Gasteiger charge is 2.30. The molecule has 0 saturated carbocycles. The first kappa shape index (κ1) is 21.5. The summed E-state index contributed by atoms with van der Waals surface area (Å²) in [5.74, 6) is -0.441. The quantitative estimate of drug-likeness (QED) is 0.600. The van der Waals surface area contributed by atoms with Crippen LogP contribution in [0.25, 0.3) is 0 Å². The monoisotopic (exact) mass is 434 g/mol. The minimum Gasteiger partial charge on any atom is -0.345 e. The maximum Gasteiger partial charge on any atom is 0.293 e. The van der Waals surface area contributed by atoms with Gasteiger partial charge in [0.25, 0.3) is 17.4 Å². The molecule has 0 saturated heterocycles. The number of carbonyl (C=O) groups excluding carboxylic acids is 2. The number of fused-ring (bicyclic) bond motifs is 1. The molecule has 32 heavy (non-hydrogen) atoms. The smallest absolute Gasteiger partial charge is 0.293 e. The average Bonchev–Trinajstić information content (AvgIpc) is 3.23. The van der Waals surface area contributed by atoms with Crippen LogP contribution in [0.3, 0.4) is 0 Å². The lowest BCUT2D eigenvalue weighted by Gasteiger charge is -2.30. The van der Waals surface area contributed by atoms with E-state index in [0.717, 1.165) is 16.7 Å². The molecule has 0 fully saturated rings. The molecule has 9 nitrogen and oxygen atoms in total. The first-order chi connectivity index (χ1) is 15.3. The van der Waals surface area contributed by atoms with E-state index in [1.165, 1.54) is 15.9 Å². The molecule has 2 aromatic heterocycles. The first-order valence-electron chi connectivity index (χ1n) is 10.5. The van der Waals surface area contributed by atoms with E-state index in [0.29, 0.717) is 32.5 Å². The summed E-state index contributed by atoms with van der Waals surface area (Å²) >= 11 is 0. The van der Waals surface area contributed by atoms with Crippen LogP contribution in [0.5, 0.6) is 0 Å². The third kappa shape index (κ3) is 4.18. The van der Waals surface area contributed by atoms with Crippen molar-refractivity contribution in [3.63, 3.8) is 0 Å². The van der Waals surface area contributed by atoms with Gasteiger partial charge in [0, 0.05) is 47.0 Å². The molecule has 3 aromatic rings. The largest absolute Gasteiger partial charge is 0.345 e. The van der Waals surface area contributed by atoms with E-state index in [2.05, 4.69) is 10.1 Å². The summed E-state index contributed by atoms with van der Waals surface area (Å²) in [6.45, 7) is 1.14. The van der Waals surface area contributed by atoms with Crippen LogP contribution in [0.1, 0.15) is 37.7 Å². The Morgan fingerprint density at radius 1 is 1.16 bits per heavy atom. The van der Waals surface area contributed by atoms with Gasteiger partial charge in [-0.15, -0.1) is 5.10 Å². The van der Waals surface area contributed by atoms with Gasteiger partial charge in [-0.05, 0) is 29.5 Å². The van der Waals surface area contributed by atoms with E-state index in [-0.39, 0.29) is 28.8 Å². The Hall–Kier alpha value is -3.75. The second-order valence-corrected chi connectivity index (χ2v) is 8.16. The lowest BCUT2D eigenvalue weighted by molar-refractivity contribution is 0.0720. The van der Waals surface area contributed by atoms with Crippen LogP contribution in [0.2, 0.25) is 0 Å². The van der Waals surface area contributed by atoms with E-state index in [1.807, 2.05) is 30.3 Å². The highest BCUT2D eigenvalue weighted by Crippen LogP contribution is 2.22. The number of hydrogen-bond acceptors (Lipinski definition) is 5. The molecule has 0 radical (unpaired) electrons. The molecule has 0 bridgehead atoms. The average molecular weight is 435 g/mol. The minimum atomic E-state index is -0.313. The Labute approximate surface area is 185 Å². The zero-order valence-corrected chi connectivity index (χ0v) is 18.5. The summed E-state index contributed by atoms with van der Waals surface area (Å²) in [5.41, 5.74) is 2.55. The van der Waals surface area contributed by atoms with Crippen LogP contribution >= 0.6 is 0 Å². The van der Waals surface area contributed by atoms with Gasteiger partial charge in [0.2, 0.25) is 5.82 Å². The summed E-state index contributed by atoms with van der Waals surface area (Å²) in [6, 6.07) is 9.89. The molecule has 4 rings (SSSR count). The van der Waals surface area contributed by atoms with Crippen molar-refractivity contribution in [1.82, 2.24) is 29.1 Å². The molecule has 1 aromatic carbocycles. The topological polar surface area (TPSA) is 93.3 Å². The molecule has 0 unspecified atom stereocenters. The molecule has 2 amide bonds. The molecular formula is C23H26N6O3. The second-order valence-electron chi connectivity index (χ2n) is 8.16. The molecule has 0 N–H and O–H groups in total. The fourth-order valence-corrected chi connectivity index (χ4v) is 3.97. The summed E-state index contributed by atoms with van der Waals surface area (Å²) < 4.78 is 3.08. The van der Waals surface area contributed by atoms with E-state index in [1.54, 1.807) is 36.8 Å². The highest BCUT2D eigenvalue weighted by atomic mass is 16.2. The van der Waals surface area contributed by atoms with Crippen molar-refractivity contribution in [3.8, 4) is 0 Å². The lowest BCUT2D eigenvalue weighted by atomic mass is 9.95. The van der Waals surface area contributed by atoms with Crippen molar-refractivity contribution in [1.29, 1.82) is 0 Å². The normalized spacial score (nSPS) is 13.0. The number of rotatable bonds is 5.